The van der Waals surface area contributed by atoms with Gasteiger partial charge in [-0.15, -0.1) is 0 Å². The molecule has 0 aliphatic rings. The molecule has 0 bridgehead atoms. The van der Waals surface area contributed by atoms with Crippen LogP contribution in [-0.2, 0) is 6.18 Å². The zero-order valence-electron chi connectivity index (χ0n) is 15.5. The van der Waals surface area contributed by atoms with Crippen LogP contribution in [0.15, 0.2) is 65.7 Å². The first-order valence-electron chi connectivity index (χ1n) is 8.86. The smallest absolute Gasteiger partial charge is 0.236 e. The number of benzene rings is 3. The molecule has 0 unspecified atom stereocenters. The predicted molar refractivity (Wildman–Crippen MR) is 115 cm³/mol. The average Bonchev–Trinajstić information content (AvgIpc) is 3.14. The maximum Gasteiger partial charge on any atom is 0.416 e. The Bertz CT molecular complexity index is 1340. The van der Waals surface area contributed by atoms with Gasteiger partial charge in [0.05, 0.1) is 15.6 Å². The van der Waals surface area contributed by atoms with Gasteiger partial charge in [-0.05, 0) is 22.9 Å². The van der Waals surface area contributed by atoms with Crippen LogP contribution in [0.3, 0.4) is 0 Å². The van der Waals surface area contributed by atoms with Crippen molar-refractivity contribution in [2.75, 3.05) is 0 Å². The van der Waals surface area contributed by atoms with E-state index in [1.807, 2.05) is 48.5 Å². The van der Waals surface area contributed by atoms with E-state index < -0.39 is 11.7 Å². The molecule has 0 atom stereocenters. The molecule has 4 aromatic rings. The normalized spacial score (nSPS) is 11.9. The Balaban J connectivity index is 1.83. The molecule has 0 saturated heterocycles. The lowest BCUT2D eigenvalue weighted by atomic mass is 10.1. The van der Waals surface area contributed by atoms with Crippen molar-refractivity contribution in [3.05, 3.63) is 87.5 Å². The molecule has 154 valence electrons. The Morgan fingerprint density at radius 1 is 1.00 bits per heavy atom. The quantitative estimate of drug-likeness (QED) is 0.311. The second-order valence-corrected chi connectivity index (χ2v) is 7.34. The molecule has 0 aliphatic heterocycles. The SMILES string of the molecule is N#Cc1cc(/N=C/c2cccc3ccccc23)n(-c2c(Cl)cc(C(F)(F)F)cc2Cl)n1. The molecule has 0 aliphatic carbocycles. The minimum atomic E-state index is -4.61. The maximum absolute atomic E-state index is 13.0. The van der Waals surface area contributed by atoms with Gasteiger partial charge in [-0.1, -0.05) is 65.7 Å². The number of rotatable bonds is 3. The fourth-order valence-electron chi connectivity index (χ4n) is 3.11. The maximum atomic E-state index is 13.0. The standard InChI is InChI=1S/C22H11Cl2F3N4/c23-18-8-15(22(25,26)27)9-19(24)21(18)31-20(10-16(11-28)30-31)29-12-14-6-3-5-13-4-1-2-7-17(13)14/h1-10,12H/b29-12+. The van der Waals surface area contributed by atoms with Crippen molar-refractivity contribution in [1.29, 1.82) is 5.26 Å². The molecule has 4 rings (SSSR count). The van der Waals surface area contributed by atoms with E-state index in [0.29, 0.717) is 0 Å². The van der Waals surface area contributed by atoms with Crippen LogP contribution in [0, 0.1) is 11.3 Å². The number of fused-ring (bicyclic) bond motifs is 1. The van der Waals surface area contributed by atoms with Crippen molar-refractivity contribution in [1.82, 2.24) is 9.78 Å². The highest BCUT2D eigenvalue weighted by molar-refractivity contribution is 6.38. The molecule has 4 nitrogen and oxygen atoms in total. The highest BCUT2D eigenvalue weighted by atomic mass is 35.5. The minimum Gasteiger partial charge on any atom is -0.236 e. The van der Waals surface area contributed by atoms with E-state index in [1.54, 1.807) is 6.21 Å². The van der Waals surface area contributed by atoms with Gasteiger partial charge in [0, 0.05) is 17.8 Å². The van der Waals surface area contributed by atoms with Crippen molar-refractivity contribution >= 4 is 46.0 Å². The first kappa shape index (κ1) is 20.9. The van der Waals surface area contributed by atoms with E-state index in [-0.39, 0.29) is 27.2 Å². The van der Waals surface area contributed by atoms with Gasteiger partial charge < -0.3 is 0 Å². The molecule has 3 aromatic carbocycles. The monoisotopic (exact) mass is 458 g/mol. The zero-order valence-corrected chi connectivity index (χ0v) is 17.0. The third-order valence-electron chi connectivity index (χ3n) is 4.52. The molecule has 0 saturated carbocycles. The van der Waals surface area contributed by atoms with Crippen molar-refractivity contribution in [2.24, 2.45) is 4.99 Å². The van der Waals surface area contributed by atoms with Crippen LogP contribution in [0.5, 0.6) is 0 Å². The summed E-state index contributed by atoms with van der Waals surface area (Å²) in [4.78, 5) is 4.41. The van der Waals surface area contributed by atoms with Crippen molar-refractivity contribution in [2.45, 2.75) is 6.18 Å². The van der Waals surface area contributed by atoms with Gasteiger partial charge in [-0.25, -0.2) is 9.67 Å². The van der Waals surface area contributed by atoms with E-state index in [1.165, 1.54) is 6.07 Å². The first-order valence-corrected chi connectivity index (χ1v) is 9.62. The van der Waals surface area contributed by atoms with Gasteiger partial charge in [0.25, 0.3) is 0 Å². The van der Waals surface area contributed by atoms with E-state index >= 15 is 0 Å². The highest BCUT2D eigenvalue weighted by Crippen LogP contribution is 2.38. The molecule has 0 radical (unpaired) electrons. The summed E-state index contributed by atoms with van der Waals surface area (Å²) in [6.07, 6.45) is -3.02. The topological polar surface area (TPSA) is 54.0 Å². The van der Waals surface area contributed by atoms with E-state index in [9.17, 15) is 18.4 Å². The number of aliphatic imine (C=N–C) groups is 1. The summed E-state index contributed by atoms with van der Waals surface area (Å²) in [5, 5.41) is 14.8. The molecule has 0 N–H and O–H groups in total. The summed E-state index contributed by atoms with van der Waals surface area (Å²) >= 11 is 12.2. The molecule has 0 fully saturated rings. The summed E-state index contributed by atoms with van der Waals surface area (Å²) in [7, 11) is 0. The number of halogens is 5. The van der Waals surface area contributed by atoms with Crippen LogP contribution in [0.4, 0.5) is 19.0 Å². The number of alkyl halides is 3. The van der Waals surface area contributed by atoms with Crippen molar-refractivity contribution in [3.63, 3.8) is 0 Å². The predicted octanol–water partition coefficient (Wildman–Crippen LogP) is 6.97. The highest BCUT2D eigenvalue weighted by Gasteiger charge is 2.32. The van der Waals surface area contributed by atoms with Crippen molar-refractivity contribution in [3.8, 4) is 11.8 Å². The molecule has 31 heavy (non-hydrogen) atoms. The Morgan fingerprint density at radius 3 is 2.35 bits per heavy atom. The number of nitrogens with zero attached hydrogens (tertiary/aromatic N) is 4. The lowest BCUT2D eigenvalue weighted by Gasteiger charge is -2.13. The van der Waals surface area contributed by atoms with Crippen molar-refractivity contribution < 1.29 is 13.2 Å². The Morgan fingerprint density at radius 2 is 1.68 bits per heavy atom. The number of hydrogen-bond donors (Lipinski definition) is 0. The number of aromatic nitrogens is 2. The third kappa shape index (κ3) is 4.13. The second kappa shape index (κ2) is 8.06. The molecule has 0 spiro atoms. The van der Waals surface area contributed by atoms with Gasteiger partial charge in [-0.2, -0.15) is 23.5 Å². The number of nitriles is 1. The molecular formula is C22H11Cl2F3N4. The zero-order chi connectivity index (χ0) is 22.2. The van der Waals surface area contributed by atoms with Crippen LogP contribution < -0.4 is 0 Å². The lowest BCUT2D eigenvalue weighted by molar-refractivity contribution is -0.137. The van der Waals surface area contributed by atoms with E-state index in [0.717, 1.165) is 33.2 Å². The van der Waals surface area contributed by atoms with Gasteiger partial charge in [0.1, 0.15) is 11.8 Å². The van der Waals surface area contributed by atoms with E-state index in [4.69, 9.17) is 23.2 Å². The van der Waals surface area contributed by atoms with Crippen LogP contribution in [0.2, 0.25) is 10.0 Å². The Hall–Kier alpha value is -3.34. The Kier molecular flexibility index (Phi) is 5.44. The average molecular weight is 459 g/mol. The second-order valence-electron chi connectivity index (χ2n) is 6.52. The van der Waals surface area contributed by atoms with Gasteiger partial charge >= 0.3 is 6.18 Å². The third-order valence-corrected chi connectivity index (χ3v) is 5.10. The summed E-state index contributed by atoms with van der Waals surface area (Å²) < 4.78 is 40.3. The van der Waals surface area contributed by atoms with Crippen LogP contribution in [-0.4, -0.2) is 16.0 Å². The van der Waals surface area contributed by atoms with Crippen LogP contribution >= 0.6 is 23.2 Å². The first-order chi connectivity index (χ1) is 14.8. The van der Waals surface area contributed by atoms with Gasteiger partial charge in [-0.3, -0.25) is 0 Å². The minimum absolute atomic E-state index is 0.00269. The molecule has 0 amide bonds. The molecule has 1 aromatic heterocycles. The molecule has 1 heterocycles. The van der Waals surface area contributed by atoms with Crippen LogP contribution in [0.25, 0.3) is 16.5 Å². The van der Waals surface area contributed by atoms with Gasteiger partial charge in [0.2, 0.25) is 0 Å². The fraction of sp³-hybridized carbons (Fsp3) is 0.0455. The van der Waals surface area contributed by atoms with Crippen LogP contribution in [0.1, 0.15) is 16.8 Å². The summed E-state index contributed by atoms with van der Waals surface area (Å²) in [5.74, 6) is 0.188. The van der Waals surface area contributed by atoms with E-state index in [2.05, 4.69) is 10.1 Å². The lowest BCUT2D eigenvalue weighted by Crippen LogP contribution is -2.07. The van der Waals surface area contributed by atoms with Gasteiger partial charge in [0.15, 0.2) is 11.5 Å². The molecule has 9 heteroatoms. The molecular weight excluding hydrogens is 448 g/mol. The largest absolute Gasteiger partial charge is 0.416 e. The fourth-order valence-corrected chi connectivity index (χ4v) is 3.76. The summed E-state index contributed by atoms with van der Waals surface area (Å²) in [5.41, 5.74) is -0.159. The number of hydrogen-bond acceptors (Lipinski definition) is 3. The summed E-state index contributed by atoms with van der Waals surface area (Å²) in [6, 6.07) is 18.2. The summed E-state index contributed by atoms with van der Waals surface area (Å²) in [6.45, 7) is 0. The Labute approximate surface area is 184 Å².